The Morgan fingerprint density at radius 3 is 2.61 bits per heavy atom. The van der Waals surface area contributed by atoms with Gasteiger partial charge in [-0.2, -0.15) is 10.1 Å². The van der Waals surface area contributed by atoms with Crippen LogP contribution >= 0.6 is 0 Å². The van der Waals surface area contributed by atoms with E-state index in [4.69, 9.17) is 9.26 Å². The van der Waals surface area contributed by atoms with Crippen LogP contribution in [0.2, 0.25) is 0 Å². The van der Waals surface area contributed by atoms with Crippen LogP contribution in [0.5, 0.6) is 11.6 Å². The van der Waals surface area contributed by atoms with Gasteiger partial charge in [-0.1, -0.05) is 5.16 Å². The molecule has 0 fully saturated rings. The first-order chi connectivity index (χ1) is 13.6. The lowest BCUT2D eigenvalue weighted by molar-refractivity contribution is 0.368. The molecule has 4 rings (SSSR count). The van der Waals surface area contributed by atoms with Crippen molar-refractivity contribution in [3.8, 4) is 23.0 Å². The Bertz CT molecular complexity index is 1070. The molecule has 0 radical (unpaired) electrons. The smallest absolute Gasteiger partial charge is 0.228 e. The van der Waals surface area contributed by atoms with Crippen LogP contribution in [0.3, 0.4) is 0 Å². The quantitative estimate of drug-likeness (QED) is 0.501. The Morgan fingerprint density at radius 1 is 1.11 bits per heavy atom. The lowest BCUT2D eigenvalue weighted by Crippen LogP contribution is -2.05. The molecule has 0 bridgehead atoms. The summed E-state index contributed by atoms with van der Waals surface area (Å²) in [5.74, 6) is 1.58. The third-order valence-corrected chi connectivity index (χ3v) is 4.14. The predicted octanol–water partition coefficient (Wildman–Crippen LogP) is 4.12. The fraction of sp³-hybridized carbons (Fsp3) is 0.200. The topological polar surface area (TPSA) is 78.9 Å². The van der Waals surface area contributed by atoms with E-state index in [1.807, 2.05) is 24.6 Å². The zero-order chi connectivity index (χ0) is 19.5. The highest BCUT2D eigenvalue weighted by Gasteiger charge is 2.11. The number of rotatable bonds is 6. The number of halogens is 1. The van der Waals surface area contributed by atoms with Gasteiger partial charge in [-0.05, 0) is 50.2 Å². The third kappa shape index (κ3) is 4.06. The first kappa shape index (κ1) is 17.8. The molecule has 0 aliphatic rings. The zero-order valence-corrected chi connectivity index (χ0v) is 15.5. The Hall–Kier alpha value is -3.55. The molecule has 7 nitrogen and oxygen atoms in total. The van der Waals surface area contributed by atoms with Crippen LogP contribution in [0.4, 0.5) is 4.39 Å². The van der Waals surface area contributed by atoms with Crippen molar-refractivity contribution in [2.24, 2.45) is 0 Å². The van der Waals surface area contributed by atoms with Crippen molar-refractivity contribution in [1.82, 2.24) is 24.9 Å². The van der Waals surface area contributed by atoms with Crippen molar-refractivity contribution in [3.63, 3.8) is 0 Å². The van der Waals surface area contributed by atoms with Crippen molar-refractivity contribution in [2.45, 2.75) is 26.8 Å². The molecule has 142 valence electrons. The van der Waals surface area contributed by atoms with Crippen molar-refractivity contribution in [3.05, 3.63) is 71.8 Å². The highest BCUT2D eigenvalue weighted by molar-refractivity contribution is 5.53. The number of hydrogen-bond donors (Lipinski definition) is 0. The predicted molar refractivity (Wildman–Crippen MR) is 99.4 cm³/mol. The fourth-order valence-electron chi connectivity index (χ4n) is 2.77. The summed E-state index contributed by atoms with van der Waals surface area (Å²) in [5, 5.41) is 8.43. The van der Waals surface area contributed by atoms with Gasteiger partial charge in [-0.3, -0.25) is 4.68 Å². The second-order valence-electron chi connectivity index (χ2n) is 6.35. The molecule has 0 spiro atoms. The minimum absolute atomic E-state index is 0.318. The van der Waals surface area contributed by atoms with E-state index in [0.717, 1.165) is 11.4 Å². The van der Waals surface area contributed by atoms with E-state index in [1.54, 1.807) is 30.5 Å². The maximum absolute atomic E-state index is 12.9. The number of aryl methyl sites for hydroxylation is 4. The van der Waals surface area contributed by atoms with Crippen molar-refractivity contribution < 1.29 is 13.7 Å². The molecule has 0 N–H and O–H groups in total. The number of ether oxygens (including phenoxy) is 1. The second kappa shape index (κ2) is 7.59. The van der Waals surface area contributed by atoms with Gasteiger partial charge in [0.25, 0.3) is 0 Å². The summed E-state index contributed by atoms with van der Waals surface area (Å²) in [6, 6.07) is 11.3. The average molecular weight is 379 g/mol. The molecule has 0 unspecified atom stereocenters. The molecule has 0 atom stereocenters. The van der Waals surface area contributed by atoms with Crippen LogP contribution in [0.25, 0.3) is 11.4 Å². The summed E-state index contributed by atoms with van der Waals surface area (Å²) < 4.78 is 25.8. The normalized spacial score (nSPS) is 11.0. The highest BCUT2D eigenvalue weighted by atomic mass is 19.1. The Labute approximate surface area is 160 Å². The van der Waals surface area contributed by atoms with Crippen LogP contribution < -0.4 is 4.74 Å². The molecule has 0 saturated heterocycles. The summed E-state index contributed by atoms with van der Waals surface area (Å²) in [6.07, 6.45) is 2.20. The number of pyridine rings is 1. The van der Waals surface area contributed by atoms with E-state index in [9.17, 15) is 4.39 Å². The van der Waals surface area contributed by atoms with Crippen LogP contribution in [0.15, 0.2) is 53.2 Å². The lowest BCUT2D eigenvalue weighted by Gasteiger charge is -2.04. The molecule has 0 saturated carbocycles. The largest absolute Gasteiger partial charge is 0.439 e. The Kier molecular flexibility index (Phi) is 4.84. The van der Waals surface area contributed by atoms with Gasteiger partial charge in [0.05, 0.1) is 5.69 Å². The minimum atomic E-state index is -0.318. The summed E-state index contributed by atoms with van der Waals surface area (Å²) in [5.41, 5.74) is 2.79. The van der Waals surface area contributed by atoms with Crippen molar-refractivity contribution in [1.29, 1.82) is 0 Å². The highest BCUT2D eigenvalue weighted by Crippen LogP contribution is 2.22. The van der Waals surface area contributed by atoms with Crippen molar-refractivity contribution >= 4 is 0 Å². The molecule has 0 amide bonds. The SMILES string of the molecule is Cc1cc(C)n(CCc2nc(-c3ccc(Oc4ccc(F)cc4)nc3)no2)n1. The number of benzene rings is 1. The summed E-state index contributed by atoms with van der Waals surface area (Å²) in [6.45, 7) is 4.65. The number of hydrogen-bond acceptors (Lipinski definition) is 6. The molecular formula is C20H18FN5O2. The number of nitrogens with zero attached hydrogens (tertiary/aromatic N) is 5. The van der Waals surface area contributed by atoms with Crippen LogP contribution in [0, 0.1) is 19.7 Å². The van der Waals surface area contributed by atoms with Gasteiger partial charge in [0, 0.05) is 36.5 Å². The van der Waals surface area contributed by atoms with E-state index in [-0.39, 0.29) is 5.82 Å². The van der Waals surface area contributed by atoms with E-state index >= 15 is 0 Å². The molecule has 3 aromatic heterocycles. The molecule has 1 aromatic carbocycles. The minimum Gasteiger partial charge on any atom is -0.439 e. The van der Waals surface area contributed by atoms with E-state index < -0.39 is 0 Å². The maximum Gasteiger partial charge on any atom is 0.228 e. The summed E-state index contributed by atoms with van der Waals surface area (Å²) >= 11 is 0. The van der Waals surface area contributed by atoms with Crippen LogP contribution in [-0.4, -0.2) is 24.9 Å². The fourth-order valence-corrected chi connectivity index (χ4v) is 2.77. The molecular weight excluding hydrogens is 361 g/mol. The van der Waals surface area contributed by atoms with Gasteiger partial charge in [0.2, 0.25) is 17.6 Å². The van der Waals surface area contributed by atoms with Crippen LogP contribution in [-0.2, 0) is 13.0 Å². The first-order valence-corrected chi connectivity index (χ1v) is 8.80. The third-order valence-electron chi connectivity index (χ3n) is 4.14. The van der Waals surface area contributed by atoms with Gasteiger partial charge in [0.15, 0.2) is 0 Å². The second-order valence-corrected chi connectivity index (χ2v) is 6.35. The molecule has 4 aromatic rings. The lowest BCUT2D eigenvalue weighted by atomic mass is 10.3. The van der Waals surface area contributed by atoms with Gasteiger partial charge in [-0.25, -0.2) is 9.37 Å². The molecule has 28 heavy (non-hydrogen) atoms. The van der Waals surface area contributed by atoms with E-state index in [0.29, 0.717) is 41.9 Å². The first-order valence-electron chi connectivity index (χ1n) is 8.80. The number of aromatic nitrogens is 5. The average Bonchev–Trinajstić information content (AvgIpc) is 3.28. The van der Waals surface area contributed by atoms with Gasteiger partial charge < -0.3 is 9.26 Å². The molecule has 0 aliphatic heterocycles. The molecule has 0 aliphatic carbocycles. The van der Waals surface area contributed by atoms with Gasteiger partial charge >= 0.3 is 0 Å². The van der Waals surface area contributed by atoms with E-state index in [2.05, 4.69) is 20.2 Å². The summed E-state index contributed by atoms with van der Waals surface area (Å²) in [4.78, 5) is 8.65. The van der Waals surface area contributed by atoms with E-state index in [1.165, 1.54) is 12.1 Å². The van der Waals surface area contributed by atoms with Gasteiger partial charge in [-0.15, -0.1) is 0 Å². The standard InChI is InChI=1S/C20H18FN5O2/c1-13-11-14(2)26(24-13)10-9-19-23-20(25-28-19)15-3-8-18(22-12-15)27-17-6-4-16(21)5-7-17/h3-8,11-12H,9-10H2,1-2H3. The van der Waals surface area contributed by atoms with Gasteiger partial charge in [0.1, 0.15) is 11.6 Å². The van der Waals surface area contributed by atoms with Crippen LogP contribution in [0.1, 0.15) is 17.3 Å². The zero-order valence-electron chi connectivity index (χ0n) is 15.5. The maximum atomic E-state index is 12.9. The molecule has 8 heteroatoms. The summed E-state index contributed by atoms with van der Waals surface area (Å²) in [7, 11) is 0. The monoisotopic (exact) mass is 379 g/mol. The molecule has 3 heterocycles. The Morgan fingerprint density at radius 2 is 1.93 bits per heavy atom. The Balaban J connectivity index is 1.40. The van der Waals surface area contributed by atoms with Crippen molar-refractivity contribution in [2.75, 3.05) is 0 Å².